The lowest BCUT2D eigenvalue weighted by Crippen LogP contribution is -2.34. The number of piperidine rings is 1. The summed E-state index contributed by atoms with van der Waals surface area (Å²) >= 11 is 0. The maximum atomic E-state index is 13.6. The van der Waals surface area contributed by atoms with Crippen molar-refractivity contribution >= 4 is 5.69 Å². The Morgan fingerprint density at radius 1 is 0.724 bits per heavy atom. The van der Waals surface area contributed by atoms with Crippen molar-refractivity contribution in [3.8, 4) is 0 Å². The topological polar surface area (TPSA) is 6.48 Å². The molecule has 5 rings (SSSR count). The number of fused-ring (bicyclic) bond motifs is 1. The van der Waals surface area contributed by atoms with Gasteiger partial charge in [0.25, 0.3) is 0 Å². The Balaban J connectivity index is 1.30. The van der Waals surface area contributed by atoms with Crippen molar-refractivity contribution in [3.05, 3.63) is 102 Å². The van der Waals surface area contributed by atoms with Gasteiger partial charge < -0.3 is 4.90 Å². The minimum absolute atomic E-state index is 0.539. The van der Waals surface area contributed by atoms with Gasteiger partial charge in [0.05, 0.1) is 0 Å². The van der Waals surface area contributed by atoms with E-state index in [0.717, 1.165) is 31.9 Å². The fraction of sp³-hybridized carbons (Fsp3) is 0.280. The molecule has 0 N–H and O–H groups in total. The third-order valence-corrected chi connectivity index (χ3v) is 6.30. The second kappa shape index (κ2) is 7.60. The molecule has 0 bridgehead atoms. The zero-order chi connectivity index (χ0) is 19.8. The second-order valence-corrected chi connectivity index (χ2v) is 8.20. The van der Waals surface area contributed by atoms with Gasteiger partial charge in [0.2, 0.25) is 0 Å². The van der Waals surface area contributed by atoms with Crippen LogP contribution in [-0.4, -0.2) is 24.0 Å². The quantitative estimate of drug-likeness (QED) is 0.578. The van der Waals surface area contributed by atoms with Crippen LogP contribution in [-0.2, 0) is 13.1 Å². The lowest BCUT2D eigenvalue weighted by Gasteiger charge is -2.28. The maximum Gasteiger partial charge on any atom is 0.160 e. The summed E-state index contributed by atoms with van der Waals surface area (Å²) in [7, 11) is 0. The normalized spacial score (nSPS) is 22.7. The van der Waals surface area contributed by atoms with Gasteiger partial charge in [-0.2, -0.15) is 0 Å². The second-order valence-electron chi connectivity index (χ2n) is 8.20. The number of benzene rings is 3. The molecule has 2 aliphatic rings. The number of halogens is 2. The fourth-order valence-electron chi connectivity index (χ4n) is 4.83. The smallest absolute Gasteiger partial charge is 0.160 e. The highest BCUT2D eigenvalue weighted by molar-refractivity contribution is 5.49. The van der Waals surface area contributed by atoms with Crippen LogP contribution in [0.5, 0.6) is 0 Å². The Morgan fingerprint density at radius 2 is 1.28 bits per heavy atom. The lowest BCUT2D eigenvalue weighted by atomic mass is 10.1. The third kappa shape index (κ3) is 3.77. The summed E-state index contributed by atoms with van der Waals surface area (Å²) in [4.78, 5) is 4.78. The highest BCUT2D eigenvalue weighted by Crippen LogP contribution is 2.50. The van der Waals surface area contributed by atoms with E-state index in [4.69, 9.17) is 0 Å². The minimum Gasteiger partial charge on any atom is -0.371 e. The molecule has 4 heteroatoms. The van der Waals surface area contributed by atoms with Crippen LogP contribution in [0, 0.1) is 23.5 Å². The Bertz CT molecular complexity index is 923. The molecule has 1 saturated heterocycles. The predicted molar refractivity (Wildman–Crippen MR) is 111 cm³/mol. The number of anilines is 1. The van der Waals surface area contributed by atoms with Gasteiger partial charge in [0.15, 0.2) is 11.6 Å². The molecule has 2 nitrogen and oxygen atoms in total. The first-order chi connectivity index (χ1) is 14.2. The van der Waals surface area contributed by atoms with Gasteiger partial charge in [-0.25, -0.2) is 8.78 Å². The maximum absolute atomic E-state index is 13.6. The Morgan fingerprint density at radius 3 is 1.79 bits per heavy atom. The molecule has 1 aliphatic carbocycles. The summed E-state index contributed by atoms with van der Waals surface area (Å²) in [5.41, 5.74) is 3.43. The van der Waals surface area contributed by atoms with Gasteiger partial charge in [-0.15, -0.1) is 0 Å². The molecule has 3 aromatic carbocycles. The summed E-state index contributed by atoms with van der Waals surface area (Å²) < 4.78 is 26.9. The number of hydrogen-bond donors (Lipinski definition) is 0. The molecule has 2 fully saturated rings. The van der Waals surface area contributed by atoms with E-state index in [2.05, 4.69) is 70.5 Å². The number of rotatable bonds is 6. The van der Waals surface area contributed by atoms with E-state index in [0.29, 0.717) is 17.9 Å². The van der Waals surface area contributed by atoms with Gasteiger partial charge in [0.1, 0.15) is 0 Å². The molecule has 1 saturated carbocycles. The first-order valence-corrected chi connectivity index (χ1v) is 10.2. The van der Waals surface area contributed by atoms with Crippen LogP contribution >= 0.6 is 0 Å². The van der Waals surface area contributed by atoms with E-state index < -0.39 is 11.6 Å². The largest absolute Gasteiger partial charge is 0.371 e. The zero-order valence-electron chi connectivity index (χ0n) is 16.2. The standard InChI is InChI=1S/C25H24F2N2/c26-23-12-11-20(13-24(23)27)28-16-21-22(17-28)25(21)29(14-18-7-3-1-4-8-18)15-19-9-5-2-6-10-19/h1-13,21-22,25H,14-17H2/t21-,22?,25?/m0/s1. The van der Waals surface area contributed by atoms with Crippen LogP contribution in [0.1, 0.15) is 11.1 Å². The Labute approximate surface area is 170 Å². The Kier molecular flexibility index (Phi) is 4.80. The van der Waals surface area contributed by atoms with Crippen molar-refractivity contribution < 1.29 is 8.78 Å². The molecule has 148 valence electrons. The van der Waals surface area contributed by atoms with Crippen LogP contribution in [0.3, 0.4) is 0 Å². The fourth-order valence-corrected chi connectivity index (χ4v) is 4.83. The van der Waals surface area contributed by atoms with Crippen LogP contribution in [0.25, 0.3) is 0 Å². The Hall–Kier alpha value is -2.72. The number of hydrogen-bond acceptors (Lipinski definition) is 2. The summed E-state index contributed by atoms with van der Waals surface area (Å²) in [6.07, 6.45) is 0. The molecule has 3 aromatic rings. The minimum atomic E-state index is -0.784. The molecule has 1 heterocycles. The van der Waals surface area contributed by atoms with Crippen molar-refractivity contribution in [3.63, 3.8) is 0 Å². The van der Waals surface area contributed by atoms with E-state index >= 15 is 0 Å². The average molecular weight is 390 g/mol. The summed E-state index contributed by atoms with van der Waals surface area (Å²) in [6.45, 7) is 3.66. The molecule has 0 aromatic heterocycles. The van der Waals surface area contributed by atoms with Crippen molar-refractivity contribution in [2.24, 2.45) is 11.8 Å². The van der Waals surface area contributed by atoms with Crippen molar-refractivity contribution in [2.45, 2.75) is 19.1 Å². The first kappa shape index (κ1) is 18.3. The highest BCUT2D eigenvalue weighted by atomic mass is 19.2. The monoisotopic (exact) mass is 390 g/mol. The van der Waals surface area contributed by atoms with Gasteiger partial charge in [-0.1, -0.05) is 60.7 Å². The molecule has 3 atom stereocenters. The number of nitrogens with zero attached hydrogens (tertiary/aromatic N) is 2. The van der Waals surface area contributed by atoms with Gasteiger partial charge in [-0.05, 0) is 35.1 Å². The van der Waals surface area contributed by atoms with Crippen molar-refractivity contribution in [1.82, 2.24) is 4.90 Å². The third-order valence-electron chi connectivity index (χ3n) is 6.30. The zero-order valence-corrected chi connectivity index (χ0v) is 16.2. The van der Waals surface area contributed by atoms with E-state index in [-0.39, 0.29) is 0 Å². The molecule has 0 spiro atoms. The average Bonchev–Trinajstić information content (AvgIpc) is 3.24. The molecule has 0 radical (unpaired) electrons. The molecule has 2 unspecified atom stereocenters. The van der Waals surface area contributed by atoms with Crippen LogP contribution in [0.15, 0.2) is 78.9 Å². The van der Waals surface area contributed by atoms with Crippen LogP contribution < -0.4 is 4.90 Å². The molecule has 29 heavy (non-hydrogen) atoms. The van der Waals surface area contributed by atoms with E-state index in [1.807, 2.05) is 0 Å². The van der Waals surface area contributed by atoms with Gasteiger partial charge in [-0.3, -0.25) is 4.90 Å². The van der Waals surface area contributed by atoms with Crippen molar-refractivity contribution in [1.29, 1.82) is 0 Å². The van der Waals surface area contributed by atoms with Crippen LogP contribution in [0.2, 0.25) is 0 Å². The van der Waals surface area contributed by atoms with E-state index in [1.54, 1.807) is 6.07 Å². The molecular formula is C25H24F2N2. The van der Waals surface area contributed by atoms with Gasteiger partial charge >= 0.3 is 0 Å². The molecular weight excluding hydrogens is 366 g/mol. The lowest BCUT2D eigenvalue weighted by molar-refractivity contribution is 0.222. The predicted octanol–water partition coefficient (Wildman–Crippen LogP) is 5.10. The van der Waals surface area contributed by atoms with Crippen LogP contribution in [0.4, 0.5) is 14.5 Å². The molecule has 0 amide bonds. The molecule has 1 aliphatic heterocycles. The summed E-state index contributed by atoms with van der Waals surface area (Å²) in [5, 5.41) is 0. The van der Waals surface area contributed by atoms with Gasteiger partial charge in [0, 0.05) is 44.0 Å². The highest BCUT2D eigenvalue weighted by Gasteiger charge is 2.58. The summed E-state index contributed by atoms with van der Waals surface area (Å²) in [6, 6.07) is 26.0. The first-order valence-electron chi connectivity index (χ1n) is 10.2. The van der Waals surface area contributed by atoms with E-state index in [1.165, 1.54) is 23.3 Å². The SMILES string of the molecule is Fc1ccc(N2CC3C(N(Cc4ccccc4)Cc4ccccc4)[C@H]3C2)cc1F. The van der Waals surface area contributed by atoms with Crippen molar-refractivity contribution in [2.75, 3.05) is 18.0 Å². The summed E-state index contributed by atoms with van der Waals surface area (Å²) in [5.74, 6) is -0.395. The van der Waals surface area contributed by atoms with E-state index in [9.17, 15) is 8.78 Å².